The van der Waals surface area contributed by atoms with E-state index < -0.39 is 0 Å². The van der Waals surface area contributed by atoms with Gasteiger partial charge in [0, 0.05) is 7.11 Å². The van der Waals surface area contributed by atoms with Crippen molar-refractivity contribution in [3.8, 4) is 0 Å². The van der Waals surface area contributed by atoms with Gasteiger partial charge in [-0.05, 0) is 18.9 Å². The smallest absolute Gasteiger partial charge is 0.245 e. The number of allylic oxidation sites excluding steroid dienone is 2. The maximum absolute atomic E-state index is 10.9. The Morgan fingerprint density at radius 2 is 2.33 bits per heavy atom. The minimum Gasteiger partial charge on any atom is -0.364 e. The summed E-state index contributed by atoms with van der Waals surface area (Å²) in [7, 11) is 1.53. The van der Waals surface area contributed by atoms with Crippen LogP contribution in [0.1, 0.15) is 12.8 Å². The van der Waals surface area contributed by atoms with Crippen molar-refractivity contribution in [2.24, 2.45) is 0 Å². The summed E-state index contributed by atoms with van der Waals surface area (Å²) >= 11 is 0. The molecule has 0 aliphatic rings. The van der Waals surface area contributed by atoms with E-state index in [0.717, 1.165) is 12.8 Å². The number of nitrogens with one attached hydrogen (secondary N) is 1. The molecule has 12 heavy (non-hydrogen) atoms. The fourth-order valence-electron chi connectivity index (χ4n) is 0.607. The van der Waals surface area contributed by atoms with E-state index in [1.165, 1.54) is 13.2 Å². The van der Waals surface area contributed by atoms with Crippen LogP contribution in [-0.4, -0.2) is 19.7 Å². The topological polar surface area (TPSA) is 38.3 Å². The fourth-order valence-corrected chi connectivity index (χ4v) is 0.607. The van der Waals surface area contributed by atoms with Crippen molar-refractivity contribution in [3.63, 3.8) is 0 Å². The molecule has 0 unspecified atom stereocenters. The third-order valence-electron chi connectivity index (χ3n) is 1.20. The number of unbranched alkanes of at least 4 members (excludes halogenated alkanes) is 1. The minimum atomic E-state index is -0.124. The van der Waals surface area contributed by atoms with Gasteiger partial charge >= 0.3 is 0 Å². The van der Waals surface area contributed by atoms with Gasteiger partial charge in [0.05, 0.1) is 0 Å². The maximum atomic E-state index is 10.9. The Morgan fingerprint density at radius 1 is 1.58 bits per heavy atom. The third kappa shape index (κ3) is 7.02. The molecule has 0 aromatic carbocycles. The Bertz CT molecular complexity index is 164. The number of ether oxygens (including phenoxy) is 1. The zero-order chi connectivity index (χ0) is 9.23. The van der Waals surface area contributed by atoms with Crippen LogP contribution in [0.15, 0.2) is 24.8 Å². The van der Waals surface area contributed by atoms with Crippen molar-refractivity contribution in [1.82, 2.24) is 5.32 Å². The standard InChI is InChI=1S/C9H15NO2/c1-3-4-5-6-7-9(11)10-8-12-2/h3,6-7H,1,4-5,8H2,2H3,(H,10,11)/b7-6+. The highest BCUT2D eigenvalue weighted by atomic mass is 16.5. The van der Waals surface area contributed by atoms with E-state index in [1.54, 1.807) is 0 Å². The van der Waals surface area contributed by atoms with Crippen molar-refractivity contribution in [2.75, 3.05) is 13.8 Å². The predicted octanol–water partition coefficient (Wildman–Crippen LogP) is 1.23. The highest BCUT2D eigenvalue weighted by molar-refractivity contribution is 5.87. The Kier molecular flexibility index (Phi) is 7.28. The molecule has 0 fully saturated rings. The lowest BCUT2D eigenvalue weighted by molar-refractivity contribution is -0.117. The SMILES string of the molecule is C=CCC/C=C/C(=O)NCOC. The van der Waals surface area contributed by atoms with Crippen LogP contribution in [0.5, 0.6) is 0 Å². The molecule has 3 heteroatoms. The van der Waals surface area contributed by atoms with E-state index in [-0.39, 0.29) is 12.6 Å². The van der Waals surface area contributed by atoms with Gasteiger partial charge in [0.15, 0.2) is 0 Å². The van der Waals surface area contributed by atoms with E-state index >= 15 is 0 Å². The van der Waals surface area contributed by atoms with Gasteiger partial charge in [-0.1, -0.05) is 12.2 Å². The normalized spacial score (nSPS) is 10.1. The molecule has 0 heterocycles. The molecule has 1 amide bonds. The van der Waals surface area contributed by atoms with Crippen molar-refractivity contribution in [1.29, 1.82) is 0 Å². The van der Waals surface area contributed by atoms with Crippen LogP contribution >= 0.6 is 0 Å². The van der Waals surface area contributed by atoms with E-state index in [2.05, 4.69) is 16.6 Å². The Morgan fingerprint density at radius 3 is 2.92 bits per heavy atom. The monoisotopic (exact) mass is 169 g/mol. The van der Waals surface area contributed by atoms with Gasteiger partial charge in [-0.25, -0.2) is 0 Å². The molecular weight excluding hydrogens is 154 g/mol. The molecule has 0 saturated carbocycles. The summed E-state index contributed by atoms with van der Waals surface area (Å²) in [6.45, 7) is 3.83. The second-order valence-electron chi connectivity index (χ2n) is 2.24. The summed E-state index contributed by atoms with van der Waals surface area (Å²) in [6.07, 6.45) is 6.88. The number of amides is 1. The van der Waals surface area contributed by atoms with Crippen LogP contribution < -0.4 is 5.32 Å². The second kappa shape index (κ2) is 8.01. The van der Waals surface area contributed by atoms with Crippen LogP contribution in [-0.2, 0) is 9.53 Å². The molecule has 0 saturated heterocycles. The zero-order valence-electron chi connectivity index (χ0n) is 7.38. The van der Waals surface area contributed by atoms with Gasteiger partial charge in [0.1, 0.15) is 6.73 Å². The predicted molar refractivity (Wildman–Crippen MR) is 48.6 cm³/mol. The van der Waals surface area contributed by atoms with Crippen LogP contribution in [0.2, 0.25) is 0 Å². The van der Waals surface area contributed by atoms with Crippen molar-refractivity contribution in [2.45, 2.75) is 12.8 Å². The summed E-state index contributed by atoms with van der Waals surface area (Å²) in [5.74, 6) is -0.124. The lowest BCUT2D eigenvalue weighted by Gasteiger charge is -1.97. The van der Waals surface area contributed by atoms with Crippen LogP contribution in [0.25, 0.3) is 0 Å². The summed E-state index contributed by atoms with van der Waals surface area (Å²) in [5, 5.41) is 2.54. The van der Waals surface area contributed by atoms with Crippen LogP contribution in [0, 0.1) is 0 Å². The molecule has 3 nitrogen and oxygen atoms in total. The minimum absolute atomic E-state index is 0.124. The summed E-state index contributed by atoms with van der Waals surface area (Å²) in [6, 6.07) is 0. The average Bonchev–Trinajstić information content (AvgIpc) is 2.09. The summed E-state index contributed by atoms with van der Waals surface area (Å²) in [5.41, 5.74) is 0. The molecule has 0 radical (unpaired) electrons. The quantitative estimate of drug-likeness (QED) is 0.281. The van der Waals surface area contributed by atoms with Gasteiger partial charge in [0.25, 0.3) is 0 Å². The second-order valence-corrected chi connectivity index (χ2v) is 2.24. The molecule has 0 spiro atoms. The molecular formula is C9H15NO2. The number of rotatable bonds is 6. The fraction of sp³-hybridized carbons (Fsp3) is 0.444. The van der Waals surface area contributed by atoms with E-state index in [4.69, 9.17) is 0 Å². The molecule has 68 valence electrons. The van der Waals surface area contributed by atoms with Gasteiger partial charge < -0.3 is 10.1 Å². The van der Waals surface area contributed by atoms with Crippen molar-refractivity contribution < 1.29 is 9.53 Å². The van der Waals surface area contributed by atoms with E-state index in [9.17, 15) is 4.79 Å². The zero-order valence-corrected chi connectivity index (χ0v) is 7.38. The lowest BCUT2D eigenvalue weighted by atomic mass is 10.3. The lowest BCUT2D eigenvalue weighted by Crippen LogP contribution is -2.22. The first-order chi connectivity index (χ1) is 5.81. The van der Waals surface area contributed by atoms with Crippen LogP contribution in [0.4, 0.5) is 0 Å². The number of carbonyl (C=O) groups is 1. The Balaban J connectivity index is 3.39. The number of methoxy groups -OCH3 is 1. The van der Waals surface area contributed by atoms with Gasteiger partial charge in [-0.2, -0.15) is 0 Å². The molecule has 0 aliphatic carbocycles. The van der Waals surface area contributed by atoms with E-state index in [0.29, 0.717) is 0 Å². The summed E-state index contributed by atoms with van der Waals surface area (Å²) in [4.78, 5) is 10.9. The molecule has 1 N–H and O–H groups in total. The highest BCUT2D eigenvalue weighted by Crippen LogP contribution is 1.90. The van der Waals surface area contributed by atoms with Gasteiger partial charge in [-0.3, -0.25) is 4.79 Å². The molecule has 0 aromatic rings. The largest absolute Gasteiger partial charge is 0.364 e. The molecule has 0 rings (SSSR count). The van der Waals surface area contributed by atoms with E-state index in [1.807, 2.05) is 12.2 Å². The van der Waals surface area contributed by atoms with Gasteiger partial charge in [-0.15, -0.1) is 6.58 Å². The molecule has 0 atom stereocenters. The Labute approximate surface area is 73.1 Å². The first-order valence-corrected chi connectivity index (χ1v) is 3.85. The molecule has 0 aliphatic heterocycles. The first kappa shape index (κ1) is 10.9. The maximum Gasteiger partial charge on any atom is 0.245 e. The highest BCUT2D eigenvalue weighted by Gasteiger charge is 1.90. The first-order valence-electron chi connectivity index (χ1n) is 3.85. The molecule has 0 bridgehead atoms. The van der Waals surface area contributed by atoms with Crippen molar-refractivity contribution in [3.05, 3.63) is 24.8 Å². The summed E-state index contributed by atoms with van der Waals surface area (Å²) < 4.78 is 4.66. The van der Waals surface area contributed by atoms with Gasteiger partial charge in [0.2, 0.25) is 5.91 Å². The molecule has 0 aromatic heterocycles. The van der Waals surface area contributed by atoms with Crippen LogP contribution in [0.3, 0.4) is 0 Å². The Hall–Kier alpha value is -1.09. The third-order valence-corrected chi connectivity index (χ3v) is 1.20. The number of hydrogen-bond donors (Lipinski definition) is 1. The number of carbonyl (C=O) groups excluding carboxylic acids is 1. The van der Waals surface area contributed by atoms with Crippen molar-refractivity contribution >= 4 is 5.91 Å². The number of hydrogen-bond acceptors (Lipinski definition) is 2. The average molecular weight is 169 g/mol.